The topological polar surface area (TPSA) is 35.5 Å². The van der Waals surface area contributed by atoms with Crippen LogP contribution in [0.3, 0.4) is 0 Å². The Hall–Kier alpha value is -2.13. The van der Waals surface area contributed by atoms with Gasteiger partial charge in [-0.15, -0.1) is 0 Å². The number of ether oxygens (including phenoxy) is 2. The van der Waals surface area contributed by atoms with Gasteiger partial charge >= 0.3 is 5.97 Å². The summed E-state index contributed by atoms with van der Waals surface area (Å²) in [4.78, 5) is 12.2. The second-order valence-corrected chi connectivity index (χ2v) is 9.54. The predicted octanol–water partition coefficient (Wildman–Crippen LogP) is 7.67. The number of unbranched alkanes of at least 4 members (excludes halogenated alkanes) is 8. The summed E-state index contributed by atoms with van der Waals surface area (Å²) in [5.74, 6) is -0.105. The Labute approximate surface area is 200 Å². The van der Waals surface area contributed by atoms with Crippen molar-refractivity contribution in [2.24, 2.45) is 5.92 Å². The Balaban J connectivity index is 1.44. The van der Waals surface area contributed by atoms with Crippen LogP contribution < -0.4 is 0 Å². The molecule has 0 saturated carbocycles. The average molecular weight is 451 g/mol. The maximum absolute atomic E-state index is 12.2. The molecule has 2 aromatic rings. The molecular formula is C30H42O3. The normalized spacial score (nSPS) is 18.5. The van der Waals surface area contributed by atoms with Gasteiger partial charge in [-0.2, -0.15) is 0 Å². The molecule has 0 unspecified atom stereocenters. The molecular weight excluding hydrogens is 408 g/mol. The maximum atomic E-state index is 12.2. The van der Waals surface area contributed by atoms with E-state index in [4.69, 9.17) is 9.47 Å². The first-order valence-corrected chi connectivity index (χ1v) is 13.2. The minimum absolute atomic E-state index is 0.0305. The van der Waals surface area contributed by atoms with Gasteiger partial charge in [0.15, 0.2) is 0 Å². The first-order valence-electron chi connectivity index (χ1n) is 13.2. The van der Waals surface area contributed by atoms with E-state index in [1.165, 1.54) is 68.9 Å². The molecule has 1 fully saturated rings. The van der Waals surface area contributed by atoms with E-state index in [2.05, 4.69) is 43.3 Å². The summed E-state index contributed by atoms with van der Waals surface area (Å²) in [6, 6.07) is 20.6. The van der Waals surface area contributed by atoms with E-state index in [0.717, 1.165) is 19.3 Å². The zero-order chi connectivity index (χ0) is 23.1. The van der Waals surface area contributed by atoms with Crippen LogP contribution in [-0.2, 0) is 27.3 Å². The minimum Gasteiger partial charge on any atom is -0.461 e. The van der Waals surface area contributed by atoms with Crippen molar-refractivity contribution in [1.82, 2.24) is 0 Å². The van der Waals surface area contributed by atoms with Gasteiger partial charge in [0.2, 0.25) is 0 Å². The van der Waals surface area contributed by atoms with E-state index in [-0.39, 0.29) is 24.1 Å². The third-order valence-electron chi connectivity index (χ3n) is 6.77. The van der Waals surface area contributed by atoms with Crippen LogP contribution in [0, 0.1) is 5.92 Å². The lowest BCUT2D eigenvalue weighted by Gasteiger charge is -2.37. The fourth-order valence-corrected chi connectivity index (χ4v) is 4.69. The number of benzene rings is 2. The molecule has 2 aromatic carbocycles. The number of hydrogen-bond acceptors (Lipinski definition) is 3. The molecule has 3 atom stereocenters. The van der Waals surface area contributed by atoms with Crippen LogP contribution in [0.4, 0.5) is 0 Å². The van der Waals surface area contributed by atoms with Crippen LogP contribution >= 0.6 is 0 Å². The van der Waals surface area contributed by atoms with Crippen LogP contribution in [0.2, 0.25) is 0 Å². The lowest BCUT2D eigenvalue weighted by atomic mass is 9.86. The van der Waals surface area contributed by atoms with Crippen molar-refractivity contribution >= 4 is 5.97 Å². The lowest BCUT2D eigenvalue weighted by molar-refractivity contribution is -0.189. The van der Waals surface area contributed by atoms with Crippen molar-refractivity contribution in [3.63, 3.8) is 0 Å². The third kappa shape index (κ3) is 9.33. The minimum atomic E-state index is -0.0614. The van der Waals surface area contributed by atoms with Crippen molar-refractivity contribution in [3.05, 3.63) is 71.8 Å². The number of carbonyl (C=O) groups is 1. The van der Waals surface area contributed by atoms with Gasteiger partial charge < -0.3 is 9.47 Å². The van der Waals surface area contributed by atoms with Gasteiger partial charge in [0.05, 0.1) is 18.6 Å². The van der Waals surface area contributed by atoms with Crippen LogP contribution in [0.5, 0.6) is 0 Å². The van der Waals surface area contributed by atoms with Crippen LogP contribution in [0.25, 0.3) is 0 Å². The molecule has 1 aliphatic rings. The highest BCUT2D eigenvalue weighted by molar-refractivity contribution is 5.78. The molecule has 0 aliphatic carbocycles. The molecule has 3 heteroatoms. The van der Waals surface area contributed by atoms with Crippen LogP contribution in [0.15, 0.2) is 60.7 Å². The number of cyclic esters (lactones) is 1. The Morgan fingerprint density at radius 1 is 0.788 bits per heavy atom. The van der Waals surface area contributed by atoms with Gasteiger partial charge in [0, 0.05) is 6.42 Å². The van der Waals surface area contributed by atoms with E-state index in [0.29, 0.717) is 6.61 Å². The summed E-state index contributed by atoms with van der Waals surface area (Å²) in [6.45, 7) is 2.89. The summed E-state index contributed by atoms with van der Waals surface area (Å²) in [6.07, 6.45) is 14.6. The Bertz CT molecular complexity index is 774. The van der Waals surface area contributed by atoms with Crippen LogP contribution in [-0.4, -0.2) is 18.2 Å². The third-order valence-corrected chi connectivity index (χ3v) is 6.77. The zero-order valence-electron chi connectivity index (χ0n) is 20.4. The molecule has 180 valence electrons. The van der Waals surface area contributed by atoms with E-state index in [1.54, 1.807) is 0 Å². The highest BCUT2D eigenvalue weighted by atomic mass is 16.6. The number of esters is 1. The molecule has 0 N–H and O–H groups in total. The summed E-state index contributed by atoms with van der Waals surface area (Å²) >= 11 is 0. The molecule has 1 heterocycles. The molecule has 0 bridgehead atoms. The van der Waals surface area contributed by atoms with Gasteiger partial charge in [-0.3, -0.25) is 4.79 Å². The van der Waals surface area contributed by atoms with Gasteiger partial charge in [-0.1, -0.05) is 125 Å². The lowest BCUT2D eigenvalue weighted by Crippen LogP contribution is -2.48. The van der Waals surface area contributed by atoms with Gasteiger partial charge in [-0.25, -0.2) is 0 Å². The summed E-state index contributed by atoms with van der Waals surface area (Å²) in [7, 11) is 0. The number of hydrogen-bond donors (Lipinski definition) is 0. The SMILES string of the molecule is CCCCCCCCCCC[C@@H](C[C@H]1OC(=O)[C@@H]1Cc1ccccc1)OCc1ccccc1. The molecule has 0 spiro atoms. The highest BCUT2D eigenvalue weighted by Gasteiger charge is 2.43. The average Bonchev–Trinajstić information content (AvgIpc) is 2.85. The maximum Gasteiger partial charge on any atom is 0.313 e. The van der Waals surface area contributed by atoms with Crippen molar-refractivity contribution in [2.45, 2.75) is 103 Å². The first kappa shape index (κ1) is 25.5. The second-order valence-electron chi connectivity index (χ2n) is 9.54. The molecule has 0 radical (unpaired) electrons. The number of carbonyl (C=O) groups excluding carboxylic acids is 1. The van der Waals surface area contributed by atoms with Crippen molar-refractivity contribution < 1.29 is 14.3 Å². The fourth-order valence-electron chi connectivity index (χ4n) is 4.69. The standard InChI is InChI=1S/C30H42O3/c1-2-3-4-5-6-7-8-9-16-21-27(32-24-26-19-14-11-15-20-26)23-29-28(30(31)33-29)22-25-17-12-10-13-18-25/h10-15,17-20,27-29H,2-9,16,21-24H2,1H3/t27-,28+,29+/m0/s1. The summed E-state index contributed by atoms with van der Waals surface area (Å²) in [5, 5.41) is 0. The molecule has 0 amide bonds. The van der Waals surface area contributed by atoms with E-state index >= 15 is 0 Å². The van der Waals surface area contributed by atoms with E-state index < -0.39 is 0 Å². The second kappa shape index (κ2) is 14.9. The Morgan fingerprint density at radius 2 is 1.36 bits per heavy atom. The first-order chi connectivity index (χ1) is 16.3. The monoisotopic (exact) mass is 450 g/mol. The molecule has 1 aliphatic heterocycles. The van der Waals surface area contributed by atoms with E-state index in [9.17, 15) is 4.79 Å². The molecule has 3 nitrogen and oxygen atoms in total. The molecule has 3 rings (SSSR count). The smallest absolute Gasteiger partial charge is 0.313 e. The van der Waals surface area contributed by atoms with E-state index in [1.807, 2.05) is 24.3 Å². The van der Waals surface area contributed by atoms with Gasteiger partial charge in [0.1, 0.15) is 6.10 Å². The Morgan fingerprint density at radius 3 is 1.97 bits per heavy atom. The molecule has 1 saturated heterocycles. The largest absolute Gasteiger partial charge is 0.461 e. The molecule has 33 heavy (non-hydrogen) atoms. The fraction of sp³-hybridized carbons (Fsp3) is 0.567. The Kier molecular flexibility index (Phi) is 11.5. The van der Waals surface area contributed by atoms with Crippen molar-refractivity contribution in [1.29, 1.82) is 0 Å². The summed E-state index contributed by atoms with van der Waals surface area (Å²) < 4.78 is 11.9. The van der Waals surface area contributed by atoms with Gasteiger partial charge in [0.25, 0.3) is 0 Å². The summed E-state index contributed by atoms with van der Waals surface area (Å²) in [5.41, 5.74) is 2.39. The van der Waals surface area contributed by atoms with Crippen LogP contribution in [0.1, 0.15) is 88.7 Å². The predicted molar refractivity (Wildman–Crippen MR) is 135 cm³/mol. The highest BCUT2D eigenvalue weighted by Crippen LogP contribution is 2.31. The zero-order valence-corrected chi connectivity index (χ0v) is 20.4. The van der Waals surface area contributed by atoms with Gasteiger partial charge in [-0.05, 0) is 24.0 Å². The quantitative estimate of drug-likeness (QED) is 0.183. The molecule has 0 aromatic heterocycles. The van der Waals surface area contributed by atoms with Crippen molar-refractivity contribution in [3.8, 4) is 0 Å². The van der Waals surface area contributed by atoms with Crippen molar-refractivity contribution in [2.75, 3.05) is 0 Å². The number of rotatable bonds is 17.